The van der Waals surface area contributed by atoms with Crippen molar-refractivity contribution in [3.8, 4) is 0 Å². The van der Waals surface area contributed by atoms with E-state index >= 15 is 0 Å². The molecule has 1 N–H and O–H groups in total. The zero-order valence-electron chi connectivity index (χ0n) is 13.5. The number of nitrogens with one attached hydrogen (secondary N) is 1. The second-order valence-electron chi connectivity index (χ2n) is 5.47. The molecule has 2 aromatic carbocycles. The van der Waals surface area contributed by atoms with Gasteiger partial charge in [-0.15, -0.1) is 0 Å². The van der Waals surface area contributed by atoms with Crippen molar-refractivity contribution in [1.82, 2.24) is 0 Å². The molecular formula is C18H18F2N2O2S. The number of morpholine rings is 1. The summed E-state index contributed by atoms with van der Waals surface area (Å²) in [4.78, 5) is 15.1. The molecule has 25 heavy (non-hydrogen) atoms. The molecule has 0 saturated carbocycles. The number of thioether (sulfide) groups is 1. The van der Waals surface area contributed by atoms with Crippen LogP contribution in [0.5, 0.6) is 0 Å². The van der Waals surface area contributed by atoms with Crippen LogP contribution in [-0.2, 0) is 4.74 Å². The van der Waals surface area contributed by atoms with Gasteiger partial charge in [-0.3, -0.25) is 4.79 Å². The number of alkyl halides is 2. The van der Waals surface area contributed by atoms with Gasteiger partial charge in [0.25, 0.3) is 11.7 Å². The van der Waals surface area contributed by atoms with Crippen molar-refractivity contribution in [3.05, 3.63) is 54.1 Å². The number of rotatable bonds is 5. The highest BCUT2D eigenvalue weighted by atomic mass is 32.2. The minimum Gasteiger partial charge on any atom is -0.378 e. The molecule has 3 rings (SSSR count). The van der Waals surface area contributed by atoms with Crippen LogP contribution < -0.4 is 10.2 Å². The molecule has 0 unspecified atom stereocenters. The molecule has 1 aliphatic heterocycles. The van der Waals surface area contributed by atoms with Crippen LogP contribution in [0.1, 0.15) is 10.4 Å². The third-order valence-electron chi connectivity index (χ3n) is 3.85. The number of anilines is 2. The fourth-order valence-electron chi connectivity index (χ4n) is 2.64. The van der Waals surface area contributed by atoms with E-state index in [0.29, 0.717) is 35.4 Å². The highest BCUT2D eigenvalue weighted by Crippen LogP contribution is 2.28. The summed E-state index contributed by atoms with van der Waals surface area (Å²) in [7, 11) is 0. The van der Waals surface area contributed by atoms with Gasteiger partial charge < -0.3 is 15.0 Å². The SMILES string of the molecule is O=C(Nc1ccccc1N1CCOCC1)c1ccc(SC(F)F)cc1. The van der Waals surface area contributed by atoms with E-state index in [4.69, 9.17) is 4.74 Å². The van der Waals surface area contributed by atoms with Crippen molar-refractivity contribution in [2.75, 3.05) is 36.5 Å². The van der Waals surface area contributed by atoms with Crippen LogP contribution in [0.15, 0.2) is 53.4 Å². The second-order valence-corrected chi connectivity index (χ2v) is 6.54. The van der Waals surface area contributed by atoms with Crippen molar-refractivity contribution in [2.24, 2.45) is 0 Å². The topological polar surface area (TPSA) is 41.6 Å². The Bertz CT molecular complexity index is 719. The van der Waals surface area contributed by atoms with E-state index in [9.17, 15) is 13.6 Å². The second kappa shape index (κ2) is 8.31. The molecule has 1 amide bonds. The molecule has 1 saturated heterocycles. The van der Waals surface area contributed by atoms with E-state index < -0.39 is 5.76 Å². The molecule has 0 radical (unpaired) electrons. The highest BCUT2D eigenvalue weighted by molar-refractivity contribution is 7.99. The first-order valence-corrected chi connectivity index (χ1v) is 8.79. The van der Waals surface area contributed by atoms with Gasteiger partial charge in [0.1, 0.15) is 0 Å². The van der Waals surface area contributed by atoms with Gasteiger partial charge in [-0.25, -0.2) is 0 Å². The smallest absolute Gasteiger partial charge is 0.288 e. The van der Waals surface area contributed by atoms with E-state index in [1.807, 2.05) is 24.3 Å². The monoisotopic (exact) mass is 364 g/mol. The first-order chi connectivity index (χ1) is 12.1. The van der Waals surface area contributed by atoms with Crippen molar-refractivity contribution in [2.45, 2.75) is 10.7 Å². The van der Waals surface area contributed by atoms with Crippen LogP contribution in [0.2, 0.25) is 0 Å². The van der Waals surface area contributed by atoms with Crippen LogP contribution in [0.4, 0.5) is 20.2 Å². The van der Waals surface area contributed by atoms with Gasteiger partial charge in [0.05, 0.1) is 24.6 Å². The minimum atomic E-state index is -2.47. The lowest BCUT2D eigenvalue weighted by molar-refractivity contribution is 0.102. The van der Waals surface area contributed by atoms with Gasteiger partial charge in [0.15, 0.2) is 0 Å². The van der Waals surface area contributed by atoms with Crippen LogP contribution in [0.3, 0.4) is 0 Å². The minimum absolute atomic E-state index is 0.269. The summed E-state index contributed by atoms with van der Waals surface area (Å²) in [5, 5.41) is 2.91. The molecule has 0 aromatic heterocycles. The quantitative estimate of drug-likeness (QED) is 0.812. The maximum Gasteiger partial charge on any atom is 0.288 e. The normalized spacial score (nSPS) is 14.6. The summed E-state index contributed by atoms with van der Waals surface area (Å²) in [6.07, 6.45) is 0. The Kier molecular flexibility index (Phi) is 5.88. The Morgan fingerprint density at radius 1 is 1.08 bits per heavy atom. The zero-order valence-corrected chi connectivity index (χ0v) is 14.3. The molecule has 7 heteroatoms. The van der Waals surface area contributed by atoms with Crippen molar-refractivity contribution in [3.63, 3.8) is 0 Å². The van der Waals surface area contributed by atoms with Gasteiger partial charge in [-0.05, 0) is 36.4 Å². The van der Waals surface area contributed by atoms with Crippen LogP contribution >= 0.6 is 11.8 Å². The molecule has 0 aliphatic carbocycles. The molecule has 0 bridgehead atoms. The highest BCUT2D eigenvalue weighted by Gasteiger charge is 2.16. The van der Waals surface area contributed by atoms with Crippen LogP contribution in [-0.4, -0.2) is 38.0 Å². The number of ether oxygens (including phenoxy) is 1. The van der Waals surface area contributed by atoms with Gasteiger partial charge in [-0.2, -0.15) is 8.78 Å². The predicted molar refractivity (Wildman–Crippen MR) is 95.7 cm³/mol. The Morgan fingerprint density at radius 2 is 1.76 bits per heavy atom. The Labute approximate surface area is 149 Å². The lowest BCUT2D eigenvalue weighted by Crippen LogP contribution is -2.36. The predicted octanol–water partition coefficient (Wildman–Crippen LogP) is 4.09. The van der Waals surface area contributed by atoms with E-state index in [-0.39, 0.29) is 5.91 Å². The molecule has 0 atom stereocenters. The fourth-order valence-corrected chi connectivity index (χ4v) is 3.14. The lowest BCUT2D eigenvalue weighted by atomic mass is 10.2. The van der Waals surface area contributed by atoms with Crippen LogP contribution in [0, 0.1) is 0 Å². The van der Waals surface area contributed by atoms with Crippen LogP contribution in [0.25, 0.3) is 0 Å². The van der Waals surface area contributed by atoms with Crippen molar-refractivity contribution >= 4 is 29.0 Å². The van der Waals surface area contributed by atoms with Gasteiger partial charge in [-0.1, -0.05) is 23.9 Å². The molecule has 1 heterocycles. The number of halogens is 2. The maximum atomic E-state index is 12.5. The summed E-state index contributed by atoms with van der Waals surface area (Å²) < 4.78 is 30.1. The largest absolute Gasteiger partial charge is 0.378 e. The maximum absolute atomic E-state index is 12.5. The van der Waals surface area contributed by atoms with E-state index in [1.54, 1.807) is 12.1 Å². The number of amides is 1. The Morgan fingerprint density at radius 3 is 2.44 bits per heavy atom. The molecule has 2 aromatic rings. The third kappa shape index (κ3) is 4.70. The third-order valence-corrected chi connectivity index (χ3v) is 4.57. The summed E-state index contributed by atoms with van der Waals surface area (Å²) >= 11 is 0.461. The van der Waals surface area contributed by atoms with Crippen molar-refractivity contribution in [1.29, 1.82) is 0 Å². The molecule has 0 spiro atoms. The number of hydrogen-bond donors (Lipinski definition) is 1. The summed E-state index contributed by atoms with van der Waals surface area (Å²) in [5.41, 5.74) is 2.10. The van der Waals surface area contributed by atoms with E-state index in [1.165, 1.54) is 12.1 Å². The Balaban J connectivity index is 1.72. The number of nitrogens with zero attached hydrogens (tertiary/aromatic N) is 1. The zero-order chi connectivity index (χ0) is 17.6. The van der Waals surface area contributed by atoms with Gasteiger partial charge in [0, 0.05) is 23.5 Å². The molecule has 1 aliphatic rings. The summed E-state index contributed by atoms with van der Waals surface area (Å²) in [6.45, 7) is 2.86. The van der Waals surface area contributed by atoms with Gasteiger partial charge in [0.2, 0.25) is 0 Å². The number of carbonyl (C=O) groups is 1. The first-order valence-electron chi connectivity index (χ1n) is 7.91. The molecule has 4 nitrogen and oxygen atoms in total. The number of carbonyl (C=O) groups excluding carboxylic acids is 1. The molecular weight excluding hydrogens is 346 g/mol. The standard InChI is InChI=1S/C18H18F2N2O2S/c19-18(20)25-14-7-5-13(6-8-14)17(23)21-15-3-1-2-4-16(15)22-9-11-24-12-10-22/h1-8,18H,9-12H2,(H,21,23). The Hall–Kier alpha value is -2.12. The molecule has 1 fully saturated rings. The fraction of sp³-hybridized carbons (Fsp3) is 0.278. The summed E-state index contributed by atoms with van der Waals surface area (Å²) in [6, 6.07) is 13.8. The number of para-hydroxylation sites is 2. The first kappa shape index (κ1) is 17.7. The lowest BCUT2D eigenvalue weighted by Gasteiger charge is -2.30. The summed E-state index contributed by atoms with van der Waals surface area (Å²) in [5.74, 6) is -2.74. The van der Waals surface area contributed by atoms with Gasteiger partial charge >= 0.3 is 0 Å². The average Bonchev–Trinajstić information content (AvgIpc) is 2.63. The van der Waals surface area contributed by atoms with E-state index in [2.05, 4.69) is 10.2 Å². The average molecular weight is 364 g/mol. The molecule has 132 valence electrons. The van der Waals surface area contributed by atoms with E-state index in [0.717, 1.165) is 24.5 Å². The number of benzene rings is 2. The van der Waals surface area contributed by atoms with Crippen molar-refractivity contribution < 1.29 is 18.3 Å². The number of hydrogen-bond acceptors (Lipinski definition) is 4.